The fraction of sp³-hybridized carbons (Fsp3) is 0.235. The van der Waals surface area contributed by atoms with Gasteiger partial charge in [-0.05, 0) is 30.3 Å². The van der Waals surface area contributed by atoms with E-state index in [0.717, 1.165) is 12.1 Å². The number of benzene rings is 2. The number of nitrogens with zero attached hydrogens (tertiary/aromatic N) is 1. The van der Waals surface area contributed by atoms with E-state index < -0.39 is 21.8 Å². The fourth-order valence-electron chi connectivity index (χ4n) is 2.23. The van der Waals surface area contributed by atoms with Crippen LogP contribution in [-0.2, 0) is 10.0 Å². The van der Waals surface area contributed by atoms with Gasteiger partial charge in [0.2, 0.25) is 10.0 Å². The van der Waals surface area contributed by atoms with Crippen LogP contribution in [0.15, 0.2) is 47.4 Å². The van der Waals surface area contributed by atoms with Gasteiger partial charge in [-0.15, -0.1) is 0 Å². The van der Waals surface area contributed by atoms with Crippen molar-refractivity contribution in [2.75, 3.05) is 13.1 Å². The molecule has 2 aromatic rings. The first-order chi connectivity index (χ1) is 11.8. The standard InChI is InChI=1S/C17H17ClFNO4S/c1-3-20(4-2)25(22,23)16-10-12(8-9-15(16)18)17(21)24-14-7-5-6-13(19)11-14/h5-11H,3-4H2,1-2H3. The molecule has 0 radical (unpaired) electrons. The van der Waals surface area contributed by atoms with Gasteiger partial charge >= 0.3 is 5.97 Å². The van der Waals surface area contributed by atoms with Crippen molar-refractivity contribution in [3.8, 4) is 5.75 Å². The van der Waals surface area contributed by atoms with Crippen LogP contribution in [0.2, 0.25) is 5.02 Å². The predicted octanol–water partition coefficient (Wildman–Crippen LogP) is 3.73. The Hall–Kier alpha value is -1.96. The van der Waals surface area contributed by atoms with Crippen LogP contribution in [0.5, 0.6) is 5.75 Å². The smallest absolute Gasteiger partial charge is 0.343 e. The van der Waals surface area contributed by atoms with E-state index in [0.29, 0.717) is 0 Å². The van der Waals surface area contributed by atoms with Crippen LogP contribution in [0.3, 0.4) is 0 Å². The zero-order valence-corrected chi connectivity index (χ0v) is 15.3. The van der Waals surface area contributed by atoms with Crippen LogP contribution in [0.4, 0.5) is 4.39 Å². The van der Waals surface area contributed by atoms with Crippen molar-refractivity contribution in [2.24, 2.45) is 0 Å². The van der Waals surface area contributed by atoms with E-state index in [1.165, 1.54) is 34.6 Å². The SMILES string of the molecule is CCN(CC)S(=O)(=O)c1cc(C(=O)Oc2cccc(F)c2)ccc1Cl. The largest absolute Gasteiger partial charge is 0.423 e. The van der Waals surface area contributed by atoms with Crippen molar-refractivity contribution in [2.45, 2.75) is 18.7 Å². The minimum atomic E-state index is -3.83. The van der Waals surface area contributed by atoms with Crippen molar-refractivity contribution in [1.82, 2.24) is 4.31 Å². The number of ether oxygens (including phenoxy) is 1. The molecule has 0 unspecified atom stereocenters. The lowest BCUT2D eigenvalue weighted by Gasteiger charge is -2.19. The molecule has 0 spiro atoms. The molecular weight excluding hydrogens is 369 g/mol. The maximum absolute atomic E-state index is 13.2. The molecule has 5 nitrogen and oxygen atoms in total. The Balaban J connectivity index is 2.37. The average molecular weight is 386 g/mol. The minimum Gasteiger partial charge on any atom is -0.423 e. The maximum Gasteiger partial charge on any atom is 0.343 e. The van der Waals surface area contributed by atoms with Gasteiger partial charge in [0.15, 0.2) is 0 Å². The second-order valence-corrected chi connectivity index (χ2v) is 7.39. The number of carbonyl (C=O) groups excluding carboxylic acids is 1. The first-order valence-corrected chi connectivity index (χ1v) is 9.38. The molecule has 2 rings (SSSR count). The summed E-state index contributed by atoms with van der Waals surface area (Å²) in [6.07, 6.45) is 0. The Morgan fingerprint density at radius 2 is 1.84 bits per heavy atom. The number of halogens is 2. The highest BCUT2D eigenvalue weighted by molar-refractivity contribution is 7.89. The zero-order valence-electron chi connectivity index (χ0n) is 13.7. The Kier molecular flexibility index (Phi) is 6.16. The average Bonchev–Trinajstić information content (AvgIpc) is 2.55. The lowest BCUT2D eigenvalue weighted by molar-refractivity contribution is 0.0734. The Bertz CT molecular complexity index is 882. The van der Waals surface area contributed by atoms with Crippen LogP contribution >= 0.6 is 11.6 Å². The first-order valence-electron chi connectivity index (χ1n) is 7.57. The Morgan fingerprint density at radius 1 is 1.16 bits per heavy atom. The summed E-state index contributed by atoms with van der Waals surface area (Å²) in [6.45, 7) is 3.95. The molecule has 8 heteroatoms. The van der Waals surface area contributed by atoms with Gasteiger partial charge in [-0.25, -0.2) is 17.6 Å². The topological polar surface area (TPSA) is 63.7 Å². The first kappa shape index (κ1) is 19.4. The predicted molar refractivity (Wildman–Crippen MR) is 92.9 cm³/mol. The van der Waals surface area contributed by atoms with Crippen LogP contribution in [0, 0.1) is 5.82 Å². The number of hydrogen-bond acceptors (Lipinski definition) is 4. The summed E-state index contributed by atoms with van der Waals surface area (Å²) >= 11 is 6.02. The number of hydrogen-bond donors (Lipinski definition) is 0. The maximum atomic E-state index is 13.2. The normalized spacial score (nSPS) is 11.6. The molecule has 0 saturated carbocycles. The molecule has 0 amide bonds. The molecule has 0 heterocycles. The molecular formula is C17H17ClFNO4S. The van der Waals surface area contributed by atoms with E-state index in [1.54, 1.807) is 13.8 Å². The summed E-state index contributed by atoms with van der Waals surface area (Å²) < 4.78 is 44.7. The monoisotopic (exact) mass is 385 g/mol. The van der Waals surface area contributed by atoms with Gasteiger partial charge in [0.05, 0.1) is 10.6 Å². The summed E-state index contributed by atoms with van der Waals surface area (Å²) in [5.74, 6) is -1.34. The van der Waals surface area contributed by atoms with Gasteiger partial charge in [-0.1, -0.05) is 31.5 Å². The van der Waals surface area contributed by atoms with E-state index in [9.17, 15) is 17.6 Å². The van der Waals surface area contributed by atoms with Crippen LogP contribution in [-0.4, -0.2) is 31.8 Å². The molecule has 25 heavy (non-hydrogen) atoms. The van der Waals surface area contributed by atoms with Gasteiger partial charge < -0.3 is 4.74 Å². The number of esters is 1. The molecule has 0 aliphatic heterocycles. The number of rotatable bonds is 6. The van der Waals surface area contributed by atoms with E-state index in [1.807, 2.05) is 0 Å². The van der Waals surface area contributed by atoms with E-state index in [2.05, 4.69) is 0 Å². The molecule has 0 N–H and O–H groups in total. The van der Waals surface area contributed by atoms with Crippen molar-refractivity contribution in [3.63, 3.8) is 0 Å². The zero-order chi connectivity index (χ0) is 18.6. The highest BCUT2D eigenvalue weighted by Gasteiger charge is 2.26. The van der Waals surface area contributed by atoms with Crippen molar-refractivity contribution in [1.29, 1.82) is 0 Å². The molecule has 2 aromatic carbocycles. The summed E-state index contributed by atoms with van der Waals surface area (Å²) in [6, 6.07) is 8.93. The molecule has 0 saturated heterocycles. The summed E-state index contributed by atoms with van der Waals surface area (Å²) in [5.41, 5.74) is -0.000563. The third kappa shape index (κ3) is 4.36. The van der Waals surface area contributed by atoms with Crippen LogP contribution in [0.1, 0.15) is 24.2 Å². The van der Waals surface area contributed by atoms with Gasteiger partial charge in [0.1, 0.15) is 16.5 Å². The summed E-state index contributed by atoms with van der Waals surface area (Å²) in [4.78, 5) is 12.1. The second kappa shape index (κ2) is 7.95. The molecule has 0 fully saturated rings. The van der Waals surface area contributed by atoms with Gasteiger partial charge in [-0.3, -0.25) is 0 Å². The quantitative estimate of drug-likeness (QED) is 0.561. The number of carbonyl (C=O) groups is 1. The van der Waals surface area contributed by atoms with Crippen LogP contribution < -0.4 is 4.74 Å². The van der Waals surface area contributed by atoms with Gasteiger partial charge in [-0.2, -0.15) is 4.31 Å². The fourth-order valence-corrected chi connectivity index (χ4v) is 4.19. The van der Waals surface area contributed by atoms with E-state index in [-0.39, 0.29) is 34.3 Å². The van der Waals surface area contributed by atoms with Crippen molar-refractivity contribution < 1.29 is 22.3 Å². The van der Waals surface area contributed by atoms with Gasteiger partial charge in [0.25, 0.3) is 0 Å². The highest BCUT2D eigenvalue weighted by Crippen LogP contribution is 2.26. The van der Waals surface area contributed by atoms with Crippen molar-refractivity contribution >= 4 is 27.6 Å². The molecule has 0 bridgehead atoms. The molecule has 0 aromatic heterocycles. The Labute approximate surface area is 151 Å². The molecule has 0 atom stereocenters. The summed E-state index contributed by atoms with van der Waals surface area (Å²) in [5, 5.41) is 0.00852. The minimum absolute atomic E-state index is 0.000563. The lowest BCUT2D eigenvalue weighted by atomic mass is 10.2. The van der Waals surface area contributed by atoms with Crippen molar-refractivity contribution in [3.05, 3.63) is 58.9 Å². The third-order valence-electron chi connectivity index (χ3n) is 3.50. The summed E-state index contributed by atoms with van der Waals surface area (Å²) in [7, 11) is -3.83. The molecule has 134 valence electrons. The van der Waals surface area contributed by atoms with E-state index in [4.69, 9.17) is 16.3 Å². The van der Waals surface area contributed by atoms with E-state index >= 15 is 0 Å². The highest BCUT2D eigenvalue weighted by atomic mass is 35.5. The molecule has 0 aliphatic rings. The lowest BCUT2D eigenvalue weighted by Crippen LogP contribution is -2.31. The van der Waals surface area contributed by atoms with Gasteiger partial charge in [0, 0.05) is 19.2 Å². The third-order valence-corrected chi connectivity index (χ3v) is 6.03. The second-order valence-electron chi connectivity index (χ2n) is 5.08. The van der Waals surface area contributed by atoms with Crippen LogP contribution in [0.25, 0.3) is 0 Å². The Morgan fingerprint density at radius 3 is 2.44 bits per heavy atom. The number of sulfonamides is 1. The molecule has 0 aliphatic carbocycles.